The number of carboxylic acids is 1. The third kappa shape index (κ3) is 1.62. The monoisotopic (exact) mass is 220 g/mol. The molecule has 0 spiro atoms. The molecule has 6 heteroatoms. The molecule has 0 aliphatic heterocycles. The number of aromatic nitrogens is 4. The van der Waals surface area contributed by atoms with Gasteiger partial charge in [-0.1, -0.05) is 20.8 Å². The Balaban J connectivity index is 2.64. The maximum Gasteiger partial charge on any atom is 0.337 e. The van der Waals surface area contributed by atoms with Gasteiger partial charge in [0.05, 0.1) is 11.8 Å². The Morgan fingerprint density at radius 3 is 2.62 bits per heavy atom. The fraction of sp³-hybridized carbons (Fsp3) is 0.400. The summed E-state index contributed by atoms with van der Waals surface area (Å²) in [5.41, 5.74) is 0.377. The van der Waals surface area contributed by atoms with E-state index >= 15 is 0 Å². The van der Waals surface area contributed by atoms with Gasteiger partial charge in [-0.25, -0.2) is 4.79 Å². The van der Waals surface area contributed by atoms with Crippen molar-refractivity contribution in [3.8, 4) is 0 Å². The number of nitrogens with zero attached hydrogens (tertiary/aromatic N) is 4. The van der Waals surface area contributed by atoms with E-state index in [2.05, 4.69) is 15.3 Å². The van der Waals surface area contributed by atoms with Crippen LogP contribution in [-0.4, -0.2) is 30.9 Å². The fourth-order valence-electron chi connectivity index (χ4n) is 1.38. The fourth-order valence-corrected chi connectivity index (χ4v) is 1.38. The molecule has 0 saturated heterocycles. The highest BCUT2D eigenvalue weighted by molar-refractivity contribution is 5.88. The first-order valence-electron chi connectivity index (χ1n) is 4.85. The van der Waals surface area contributed by atoms with Crippen molar-refractivity contribution in [3.63, 3.8) is 0 Å². The SMILES string of the molecule is CC(C)(C)c1nnc2cc(C(=O)O)cnn12. The van der Waals surface area contributed by atoms with Gasteiger partial charge >= 0.3 is 5.97 Å². The van der Waals surface area contributed by atoms with Gasteiger partial charge in [0.1, 0.15) is 0 Å². The average Bonchev–Trinajstić information content (AvgIpc) is 2.58. The van der Waals surface area contributed by atoms with Gasteiger partial charge in [0, 0.05) is 11.5 Å². The van der Waals surface area contributed by atoms with Crippen molar-refractivity contribution < 1.29 is 9.90 Å². The molecule has 16 heavy (non-hydrogen) atoms. The molecule has 84 valence electrons. The smallest absolute Gasteiger partial charge is 0.337 e. The van der Waals surface area contributed by atoms with E-state index in [9.17, 15) is 4.79 Å². The Kier molecular flexibility index (Phi) is 2.15. The van der Waals surface area contributed by atoms with Crippen molar-refractivity contribution in [2.75, 3.05) is 0 Å². The van der Waals surface area contributed by atoms with Crippen LogP contribution in [0, 0.1) is 0 Å². The average molecular weight is 220 g/mol. The largest absolute Gasteiger partial charge is 0.478 e. The number of fused-ring (bicyclic) bond motifs is 1. The van der Waals surface area contributed by atoms with E-state index in [1.54, 1.807) is 4.52 Å². The van der Waals surface area contributed by atoms with Crippen LogP contribution < -0.4 is 0 Å². The van der Waals surface area contributed by atoms with Crippen LogP contribution in [0.4, 0.5) is 0 Å². The summed E-state index contributed by atoms with van der Waals surface area (Å²) < 4.78 is 1.56. The molecule has 0 amide bonds. The summed E-state index contributed by atoms with van der Waals surface area (Å²) in [5, 5.41) is 20.8. The minimum absolute atomic E-state index is 0.111. The van der Waals surface area contributed by atoms with Crippen LogP contribution in [0.15, 0.2) is 12.3 Å². The van der Waals surface area contributed by atoms with Crippen LogP contribution in [0.1, 0.15) is 37.0 Å². The van der Waals surface area contributed by atoms with Crippen LogP contribution in [0.25, 0.3) is 5.65 Å². The predicted molar refractivity (Wildman–Crippen MR) is 56.4 cm³/mol. The second-order valence-electron chi connectivity index (χ2n) is 4.59. The van der Waals surface area contributed by atoms with E-state index in [0.29, 0.717) is 11.5 Å². The predicted octanol–water partition coefficient (Wildman–Crippen LogP) is 1.12. The second-order valence-corrected chi connectivity index (χ2v) is 4.59. The summed E-state index contributed by atoms with van der Waals surface area (Å²) in [7, 11) is 0. The van der Waals surface area contributed by atoms with Gasteiger partial charge in [-0.3, -0.25) is 0 Å². The standard InChI is InChI=1S/C10H12N4O2/c1-10(2,3)9-13-12-7-4-6(8(15)16)5-11-14(7)9/h4-5H,1-3H3,(H,15,16). The molecule has 0 saturated carbocycles. The van der Waals surface area contributed by atoms with E-state index in [0.717, 1.165) is 0 Å². The topological polar surface area (TPSA) is 80.4 Å². The van der Waals surface area contributed by atoms with Gasteiger partial charge in [0.2, 0.25) is 0 Å². The van der Waals surface area contributed by atoms with Gasteiger partial charge < -0.3 is 5.11 Å². The first-order chi connectivity index (χ1) is 7.39. The lowest BCUT2D eigenvalue weighted by molar-refractivity contribution is 0.0696. The molecule has 0 aromatic carbocycles. The van der Waals surface area contributed by atoms with E-state index < -0.39 is 5.97 Å². The van der Waals surface area contributed by atoms with Crippen LogP contribution in [0.5, 0.6) is 0 Å². The highest BCUT2D eigenvalue weighted by atomic mass is 16.4. The lowest BCUT2D eigenvalue weighted by Gasteiger charge is -2.14. The molecule has 6 nitrogen and oxygen atoms in total. The molecule has 2 heterocycles. The minimum Gasteiger partial charge on any atom is -0.478 e. The number of rotatable bonds is 1. The van der Waals surface area contributed by atoms with Crippen molar-refractivity contribution in [3.05, 3.63) is 23.7 Å². The maximum atomic E-state index is 10.8. The molecule has 0 unspecified atom stereocenters. The summed E-state index contributed by atoms with van der Waals surface area (Å²) in [6, 6.07) is 1.46. The van der Waals surface area contributed by atoms with E-state index in [-0.39, 0.29) is 11.0 Å². The van der Waals surface area contributed by atoms with Gasteiger partial charge in [0.25, 0.3) is 0 Å². The quantitative estimate of drug-likeness (QED) is 0.778. The van der Waals surface area contributed by atoms with Gasteiger partial charge in [-0.05, 0) is 0 Å². The molecule has 0 aliphatic rings. The molecule has 2 rings (SSSR count). The lowest BCUT2D eigenvalue weighted by Crippen LogP contribution is -2.17. The summed E-state index contributed by atoms with van der Waals surface area (Å²) in [5.74, 6) is -0.310. The van der Waals surface area contributed by atoms with E-state index in [1.165, 1.54) is 12.3 Å². The summed E-state index contributed by atoms with van der Waals surface area (Å²) >= 11 is 0. The van der Waals surface area contributed by atoms with Crippen molar-refractivity contribution in [2.45, 2.75) is 26.2 Å². The minimum atomic E-state index is -1.02. The lowest BCUT2D eigenvalue weighted by atomic mass is 9.96. The number of carboxylic acid groups (broad SMARTS) is 1. The van der Waals surface area contributed by atoms with Crippen molar-refractivity contribution in [1.82, 2.24) is 19.8 Å². The molecule has 0 aliphatic carbocycles. The van der Waals surface area contributed by atoms with Crippen molar-refractivity contribution in [2.24, 2.45) is 0 Å². The van der Waals surface area contributed by atoms with Gasteiger partial charge in [-0.2, -0.15) is 9.61 Å². The Morgan fingerprint density at radius 1 is 1.38 bits per heavy atom. The molecule has 2 aromatic rings. The van der Waals surface area contributed by atoms with Crippen molar-refractivity contribution >= 4 is 11.6 Å². The zero-order valence-electron chi connectivity index (χ0n) is 9.30. The molecule has 0 radical (unpaired) electrons. The molecule has 0 fully saturated rings. The highest BCUT2D eigenvalue weighted by Crippen LogP contribution is 2.20. The van der Waals surface area contributed by atoms with Crippen molar-refractivity contribution in [1.29, 1.82) is 0 Å². The van der Waals surface area contributed by atoms with Gasteiger partial charge in [0.15, 0.2) is 11.5 Å². The highest BCUT2D eigenvalue weighted by Gasteiger charge is 2.22. The van der Waals surface area contributed by atoms with E-state index in [4.69, 9.17) is 5.11 Å². The van der Waals surface area contributed by atoms with Crippen LogP contribution in [0.2, 0.25) is 0 Å². The van der Waals surface area contributed by atoms with Crippen LogP contribution >= 0.6 is 0 Å². The molecular formula is C10H12N4O2. The van der Waals surface area contributed by atoms with Crippen LogP contribution in [0.3, 0.4) is 0 Å². The Labute approximate surface area is 91.9 Å². The third-order valence-corrected chi connectivity index (χ3v) is 2.18. The summed E-state index contributed by atoms with van der Waals surface area (Å²) in [4.78, 5) is 10.8. The Bertz CT molecular complexity index is 553. The molecule has 1 N–H and O–H groups in total. The molecule has 0 bridgehead atoms. The molecule has 2 aromatic heterocycles. The van der Waals surface area contributed by atoms with Gasteiger partial charge in [-0.15, -0.1) is 10.2 Å². The number of carbonyl (C=O) groups is 1. The Morgan fingerprint density at radius 2 is 2.06 bits per heavy atom. The zero-order chi connectivity index (χ0) is 11.9. The third-order valence-electron chi connectivity index (χ3n) is 2.18. The number of aromatic carboxylic acids is 1. The van der Waals surface area contributed by atoms with E-state index in [1.807, 2.05) is 20.8 Å². The summed E-state index contributed by atoms with van der Waals surface area (Å²) in [6.45, 7) is 5.99. The first kappa shape index (κ1) is 10.5. The number of hydrogen-bond donors (Lipinski definition) is 1. The zero-order valence-corrected chi connectivity index (χ0v) is 9.30. The van der Waals surface area contributed by atoms with Crippen LogP contribution in [-0.2, 0) is 5.41 Å². The second kappa shape index (κ2) is 3.26. The number of hydrogen-bond acceptors (Lipinski definition) is 4. The normalized spacial score (nSPS) is 11.9. The molecule has 0 atom stereocenters. The summed E-state index contributed by atoms with van der Waals surface area (Å²) in [6.07, 6.45) is 1.30. The first-order valence-corrected chi connectivity index (χ1v) is 4.85. The maximum absolute atomic E-state index is 10.8. The Hall–Kier alpha value is -1.98. The molecular weight excluding hydrogens is 208 g/mol.